The second-order valence-corrected chi connectivity index (χ2v) is 5.48. The number of rotatable bonds is 1. The highest BCUT2D eigenvalue weighted by atomic mass is 16.3. The third kappa shape index (κ3) is 2.01. The van der Waals surface area contributed by atoms with E-state index in [1.807, 2.05) is 0 Å². The number of aryl methyl sites for hydroxylation is 1. The highest BCUT2D eigenvalue weighted by molar-refractivity contribution is 5.37. The van der Waals surface area contributed by atoms with Crippen LogP contribution >= 0.6 is 0 Å². The molecule has 1 aliphatic rings. The second-order valence-electron chi connectivity index (χ2n) is 5.48. The minimum Gasteiger partial charge on any atom is -0.385 e. The van der Waals surface area contributed by atoms with E-state index in [0.29, 0.717) is 5.92 Å². The highest BCUT2D eigenvalue weighted by Gasteiger charge is 2.35. The molecule has 16 heavy (non-hydrogen) atoms. The summed E-state index contributed by atoms with van der Waals surface area (Å²) in [6, 6.07) is 6.28. The van der Waals surface area contributed by atoms with Crippen LogP contribution in [0.4, 0.5) is 0 Å². The van der Waals surface area contributed by atoms with Crippen LogP contribution in [0.2, 0.25) is 0 Å². The lowest BCUT2D eigenvalue weighted by atomic mass is 9.73. The number of aliphatic hydroxyl groups is 1. The minimum atomic E-state index is -0.576. The predicted octanol–water partition coefficient (Wildman–Crippen LogP) is 3.70. The molecule has 0 heterocycles. The Morgan fingerprint density at radius 2 is 2.06 bits per heavy atom. The van der Waals surface area contributed by atoms with E-state index in [9.17, 15) is 5.11 Å². The van der Waals surface area contributed by atoms with Gasteiger partial charge in [-0.1, -0.05) is 31.5 Å². The average Bonchev–Trinajstić information content (AvgIpc) is 2.21. The Labute approximate surface area is 98.5 Å². The molecule has 0 spiro atoms. The maximum Gasteiger partial charge on any atom is 0.0901 e. The molecule has 2 atom stereocenters. The van der Waals surface area contributed by atoms with E-state index in [-0.39, 0.29) is 0 Å². The number of hydrogen-bond donors (Lipinski definition) is 1. The van der Waals surface area contributed by atoms with Crippen LogP contribution < -0.4 is 0 Å². The number of benzene rings is 1. The van der Waals surface area contributed by atoms with Gasteiger partial charge >= 0.3 is 0 Å². The molecule has 0 bridgehead atoms. The van der Waals surface area contributed by atoms with Gasteiger partial charge in [-0.3, -0.25) is 0 Å². The molecule has 1 aromatic rings. The van der Waals surface area contributed by atoms with E-state index in [1.165, 1.54) is 17.5 Å². The SMILES string of the molecule is Cc1cccc(C2(O)CCCC(C)C2)c1C. The van der Waals surface area contributed by atoms with Crippen molar-refractivity contribution in [3.05, 3.63) is 34.9 Å². The summed E-state index contributed by atoms with van der Waals surface area (Å²) in [7, 11) is 0. The first-order valence-corrected chi connectivity index (χ1v) is 6.32. The van der Waals surface area contributed by atoms with E-state index in [4.69, 9.17) is 0 Å². The molecule has 1 N–H and O–H groups in total. The van der Waals surface area contributed by atoms with Crippen molar-refractivity contribution in [2.75, 3.05) is 0 Å². The van der Waals surface area contributed by atoms with E-state index in [2.05, 4.69) is 39.0 Å². The van der Waals surface area contributed by atoms with Crippen LogP contribution in [0.1, 0.15) is 49.3 Å². The van der Waals surface area contributed by atoms with E-state index in [0.717, 1.165) is 24.8 Å². The maximum absolute atomic E-state index is 10.8. The van der Waals surface area contributed by atoms with Gasteiger partial charge in [0.2, 0.25) is 0 Å². The van der Waals surface area contributed by atoms with Crippen molar-refractivity contribution in [3.63, 3.8) is 0 Å². The van der Waals surface area contributed by atoms with Crippen molar-refractivity contribution in [1.82, 2.24) is 0 Å². The van der Waals surface area contributed by atoms with Crippen LogP contribution in [-0.4, -0.2) is 5.11 Å². The van der Waals surface area contributed by atoms with Crippen molar-refractivity contribution in [1.29, 1.82) is 0 Å². The summed E-state index contributed by atoms with van der Waals surface area (Å²) in [5.74, 6) is 0.638. The van der Waals surface area contributed by atoms with Gasteiger partial charge in [0.25, 0.3) is 0 Å². The lowest BCUT2D eigenvalue weighted by molar-refractivity contribution is -0.0184. The molecule has 1 aromatic carbocycles. The molecule has 0 aromatic heterocycles. The maximum atomic E-state index is 10.8. The summed E-state index contributed by atoms with van der Waals surface area (Å²) in [5, 5.41) is 10.8. The molecular weight excluding hydrogens is 196 g/mol. The van der Waals surface area contributed by atoms with Crippen LogP contribution in [-0.2, 0) is 5.60 Å². The molecule has 0 amide bonds. The van der Waals surface area contributed by atoms with Gasteiger partial charge in [-0.25, -0.2) is 0 Å². The van der Waals surface area contributed by atoms with Crippen LogP contribution in [0, 0.1) is 19.8 Å². The quantitative estimate of drug-likeness (QED) is 0.762. The third-order valence-electron chi connectivity index (χ3n) is 4.08. The smallest absolute Gasteiger partial charge is 0.0901 e. The molecule has 0 aliphatic heterocycles. The first-order valence-electron chi connectivity index (χ1n) is 6.32. The van der Waals surface area contributed by atoms with Crippen LogP contribution in [0.25, 0.3) is 0 Å². The van der Waals surface area contributed by atoms with Crippen LogP contribution in [0.3, 0.4) is 0 Å². The zero-order chi connectivity index (χ0) is 11.8. The van der Waals surface area contributed by atoms with Crippen molar-refractivity contribution >= 4 is 0 Å². The van der Waals surface area contributed by atoms with E-state index in [1.54, 1.807) is 0 Å². The van der Waals surface area contributed by atoms with Crippen molar-refractivity contribution < 1.29 is 5.11 Å². The fourth-order valence-electron chi connectivity index (χ4n) is 3.02. The Morgan fingerprint density at radius 1 is 1.31 bits per heavy atom. The Hall–Kier alpha value is -0.820. The average molecular weight is 218 g/mol. The zero-order valence-corrected chi connectivity index (χ0v) is 10.6. The summed E-state index contributed by atoms with van der Waals surface area (Å²) < 4.78 is 0. The van der Waals surface area contributed by atoms with E-state index >= 15 is 0 Å². The summed E-state index contributed by atoms with van der Waals surface area (Å²) in [5.41, 5.74) is 3.12. The Bertz CT molecular complexity index is 383. The van der Waals surface area contributed by atoms with Crippen LogP contribution in [0.5, 0.6) is 0 Å². The fourth-order valence-corrected chi connectivity index (χ4v) is 3.02. The molecule has 2 unspecified atom stereocenters. The summed E-state index contributed by atoms with van der Waals surface area (Å²) in [6.45, 7) is 6.49. The summed E-state index contributed by atoms with van der Waals surface area (Å²) >= 11 is 0. The molecule has 1 aliphatic carbocycles. The zero-order valence-electron chi connectivity index (χ0n) is 10.6. The molecular formula is C15H22O. The topological polar surface area (TPSA) is 20.2 Å². The van der Waals surface area contributed by atoms with Gasteiger partial charge in [-0.05, 0) is 55.7 Å². The molecule has 1 nitrogen and oxygen atoms in total. The van der Waals surface area contributed by atoms with Gasteiger partial charge in [0.15, 0.2) is 0 Å². The van der Waals surface area contributed by atoms with Gasteiger partial charge in [0, 0.05) is 0 Å². The van der Waals surface area contributed by atoms with Gasteiger partial charge < -0.3 is 5.11 Å². The fraction of sp³-hybridized carbons (Fsp3) is 0.600. The lowest BCUT2D eigenvalue weighted by Crippen LogP contribution is -2.32. The van der Waals surface area contributed by atoms with Crippen molar-refractivity contribution in [3.8, 4) is 0 Å². The molecule has 0 radical (unpaired) electrons. The second kappa shape index (κ2) is 4.21. The number of hydrogen-bond acceptors (Lipinski definition) is 1. The first kappa shape index (κ1) is 11.7. The molecule has 1 heteroatoms. The van der Waals surface area contributed by atoms with Gasteiger partial charge in [0.05, 0.1) is 5.60 Å². The van der Waals surface area contributed by atoms with Crippen LogP contribution in [0.15, 0.2) is 18.2 Å². The largest absolute Gasteiger partial charge is 0.385 e. The molecule has 88 valence electrons. The Balaban J connectivity index is 2.38. The summed E-state index contributed by atoms with van der Waals surface area (Å²) in [4.78, 5) is 0. The molecule has 1 fully saturated rings. The first-order chi connectivity index (χ1) is 7.53. The lowest BCUT2D eigenvalue weighted by Gasteiger charge is -2.37. The third-order valence-corrected chi connectivity index (χ3v) is 4.08. The minimum absolute atomic E-state index is 0.576. The Morgan fingerprint density at radius 3 is 2.75 bits per heavy atom. The van der Waals surface area contributed by atoms with Crippen molar-refractivity contribution in [2.24, 2.45) is 5.92 Å². The van der Waals surface area contributed by atoms with Crippen molar-refractivity contribution in [2.45, 2.75) is 52.1 Å². The Kier molecular flexibility index (Phi) is 3.07. The summed E-state index contributed by atoms with van der Waals surface area (Å²) in [6.07, 6.45) is 4.23. The molecule has 0 saturated heterocycles. The van der Waals surface area contributed by atoms with Gasteiger partial charge in [-0.2, -0.15) is 0 Å². The van der Waals surface area contributed by atoms with Gasteiger partial charge in [-0.15, -0.1) is 0 Å². The highest BCUT2D eigenvalue weighted by Crippen LogP contribution is 2.41. The van der Waals surface area contributed by atoms with E-state index < -0.39 is 5.60 Å². The predicted molar refractivity (Wildman–Crippen MR) is 67.4 cm³/mol. The molecule has 1 saturated carbocycles. The standard InChI is InChI=1S/C15H22O/c1-11-6-5-9-15(16,10-11)14-8-4-7-12(2)13(14)3/h4,7-8,11,16H,5-6,9-10H2,1-3H3. The van der Waals surface area contributed by atoms with Gasteiger partial charge in [0.1, 0.15) is 0 Å². The molecule has 2 rings (SSSR count). The normalized spacial score (nSPS) is 30.4. The monoisotopic (exact) mass is 218 g/mol.